The lowest BCUT2D eigenvalue weighted by Gasteiger charge is -2.19. The summed E-state index contributed by atoms with van der Waals surface area (Å²) in [5, 5.41) is 11.0. The van der Waals surface area contributed by atoms with E-state index >= 15 is 0 Å². The Balaban J connectivity index is 1.42. The lowest BCUT2D eigenvalue weighted by molar-refractivity contribution is -0.118. The molecule has 1 fully saturated rings. The number of rotatable bonds is 3. The third-order valence-electron chi connectivity index (χ3n) is 6.69. The van der Waals surface area contributed by atoms with Gasteiger partial charge in [0.2, 0.25) is 0 Å². The fourth-order valence-corrected chi connectivity index (χ4v) is 6.85. The number of hydrogen-bond donors (Lipinski definition) is 2. The van der Waals surface area contributed by atoms with E-state index in [0.29, 0.717) is 45.8 Å². The number of ether oxygens (including phenoxy) is 1. The van der Waals surface area contributed by atoms with Crippen LogP contribution in [0.25, 0.3) is 11.0 Å². The zero-order valence-electron chi connectivity index (χ0n) is 18.6. The summed E-state index contributed by atoms with van der Waals surface area (Å²) in [7, 11) is -3.10. The number of benzene rings is 1. The van der Waals surface area contributed by atoms with Crippen LogP contribution in [0.5, 0.6) is 5.75 Å². The number of amides is 2. The maximum absolute atomic E-state index is 13.6. The first-order valence-electron chi connectivity index (χ1n) is 11.3. The number of fused-ring (bicyclic) bond motifs is 3. The van der Waals surface area contributed by atoms with Crippen LogP contribution in [0.3, 0.4) is 0 Å². The topological polar surface area (TPSA) is 132 Å². The van der Waals surface area contributed by atoms with Crippen molar-refractivity contribution in [2.45, 2.75) is 38.6 Å². The van der Waals surface area contributed by atoms with Crippen LogP contribution in [0, 0.1) is 6.92 Å². The molecule has 10 nitrogen and oxygen atoms in total. The predicted molar refractivity (Wildman–Crippen MR) is 125 cm³/mol. The first-order chi connectivity index (χ1) is 16.3. The maximum Gasteiger partial charge on any atom is 0.262 e. The first-order valence-corrected chi connectivity index (χ1v) is 13.1. The molecule has 0 radical (unpaired) electrons. The van der Waals surface area contributed by atoms with E-state index in [0.717, 1.165) is 30.5 Å². The Hall–Kier alpha value is -3.47. The van der Waals surface area contributed by atoms with Crippen molar-refractivity contribution >= 4 is 44.1 Å². The van der Waals surface area contributed by atoms with Crippen LogP contribution in [0.1, 0.15) is 46.2 Å². The third-order valence-corrected chi connectivity index (χ3v) is 8.44. The predicted octanol–water partition coefficient (Wildman–Crippen LogP) is 2.17. The molecule has 176 valence electrons. The zero-order chi connectivity index (χ0) is 23.6. The van der Waals surface area contributed by atoms with Crippen molar-refractivity contribution in [2.75, 3.05) is 28.7 Å². The van der Waals surface area contributed by atoms with Gasteiger partial charge in [0.15, 0.2) is 22.1 Å². The minimum atomic E-state index is -3.10. The highest BCUT2D eigenvalue weighted by Crippen LogP contribution is 2.36. The number of nitrogens with zero attached hydrogens (tertiary/aromatic N) is 3. The molecule has 11 heteroatoms. The molecule has 6 rings (SSSR count). The van der Waals surface area contributed by atoms with E-state index < -0.39 is 9.84 Å². The fourth-order valence-electron chi connectivity index (χ4n) is 5.16. The van der Waals surface area contributed by atoms with Gasteiger partial charge in [-0.2, -0.15) is 5.10 Å². The Bertz CT molecular complexity index is 1490. The number of nitrogens with one attached hydrogen (secondary N) is 2. The molecule has 1 atom stereocenters. The Kier molecular flexibility index (Phi) is 4.67. The van der Waals surface area contributed by atoms with Gasteiger partial charge in [0.25, 0.3) is 11.8 Å². The summed E-state index contributed by atoms with van der Waals surface area (Å²) in [4.78, 5) is 30.1. The number of aromatic nitrogens is 3. The molecule has 2 aliphatic heterocycles. The van der Waals surface area contributed by atoms with Gasteiger partial charge >= 0.3 is 0 Å². The molecule has 3 aliphatic rings. The van der Waals surface area contributed by atoms with Gasteiger partial charge in [0.1, 0.15) is 5.75 Å². The van der Waals surface area contributed by atoms with Gasteiger partial charge in [-0.25, -0.2) is 18.1 Å². The Morgan fingerprint density at radius 1 is 1.29 bits per heavy atom. The summed E-state index contributed by atoms with van der Waals surface area (Å²) in [5.74, 6) is 0.187. The monoisotopic (exact) mass is 481 g/mol. The van der Waals surface area contributed by atoms with Crippen molar-refractivity contribution in [1.29, 1.82) is 0 Å². The first kappa shape index (κ1) is 21.1. The van der Waals surface area contributed by atoms with E-state index in [9.17, 15) is 18.0 Å². The minimum absolute atomic E-state index is 0.0342. The number of hydrogen-bond acceptors (Lipinski definition) is 7. The van der Waals surface area contributed by atoms with Crippen LogP contribution in [0.2, 0.25) is 0 Å². The minimum Gasteiger partial charge on any atom is -0.482 e. The third kappa shape index (κ3) is 3.42. The molecule has 0 spiro atoms. The van der Waals surface area contributed by atoms with Crippen molar-refractivity contribution in [2.24, 2.45) is 0 Å². The standard InChI is InChI=1S/C23H23N5O5S/c1-12-20-21(23(30)24-13-5-6-18-17(9-13)25-19(29)10-33-18)15-3-2-4-16(15)26-22(20)28(27-12)14-7-8-34(31,32)11-14/h5-6,9,14H,2-4,7-8,10-11H2,1H3,(H,24,30)(H,25,29)/t14-/m0/s1. The summed E-state index contributed by atoms with van der Waals surface area (Å²) < 4.78 is 31.3. The smallest absolute Gasteiger partial charge is 0.262 e. The molecular weight excluding hydrogens is 458 g/mol. The molecule has 2 N–H and O–H groups in total. The number of aryl methyl sites for hydroxylation is 2. The number of carbonyl (C=O) groups excluding carboxylic acids is 2. The number of pyridine rings is 1. The molecule has 0 saturated carbocycles. The van der Waals surface area contributed by atoms with Gasteiger partial charge in [0, 0.05) is 11.4 Å². The molecule has 2 aromatic heterocycles. The fraction of sp³-hybridized carbons (Fsp3) is 0.391. The lowest BCUT2D eigenvalue weighted by Crippen LogP contribution is -2.25. The van der Waals surface area contributed by atoms with Gasteiger partial charge in [-0.1, -0.05) is 0 Å². The summed E-state index contributed by atoms with van der Waals surface area (Å²) in [6, 6.07) is 4.82. The largest absolute Gasteiger partial charge is 0.482 e. The molecule has 1 aromatic carbocycles. The van der Waals surface area contributed by atoms with Crippen LogP contribution < -0.4 is 15.4 Å². The van der Waals surface area contributed by atoms with Crippen LogP contribution in [0.15, 0.2) is 18.2 Å². The molecular formula is C23H23N5O5S. The molecule has 3 aromatic rings. The Labute approximate surface area is 195 Å². The quantitative estimate of drug-likeness (QED) is 0.586. The molecule has 34 heavy (non-hydrogen) atoms. The molecule has 4 heterocycles. The second-order valence-corrected chi connectivity index (χ2v) is 11.3. The van der Waals surface area contributed by atoms with E-state index in [2.05, 4.69) is 15.7 Å². The molecule has 1 aliphatic carbocycles. The average molecular weight is 482 g/mol. The molecule has 0 unspecified atom stereocenters. The Morgan fingerprint density at radius 3 is 2.94 bits per heavy atom. The maximum atomic E-state index is 13.6. The number of anilines is 2. The van der Waals surface area contributed by atoms with E-state index in [1.807, 2.05) is 6.92 Å². The van der Waals surface area contributed by atoms with Gasteiger partial charge in [-0.3, -0.25) is 9.59 Å². The molecule has 2 amide bonds. The average Bonchev–Trinajstić information content (AvgIpc) is 3.49. The van der Waals surface area contributed by atoms with Gasteiger partial charge in [0.05, 0.1) is 39.9 Å². The highest BCUT2D eigenvalue weighted by atomic mass is 32.2. The van der Waals surface area contributed by atoms with E-state index in [1.54, 1.807) is 22.9 Å². The number of carbonyl (C=O) groups is 2. The molecule has 1 saturated heterocycles. The summed E-state index contributed by atoms with van der Waals surface area (Å²) in [5.41, 5.74) is 4.57. The number of sulfone groups is 1. The Morgan fingerprint density at radius 2 is 2.15 bits per heavy atom. The van der Waals surface area contributed by atoms with Crippen molar-refractivity contribution < 1.29 is 22.7 Å². The van der Waals surface area contributed by atoms with E-state index in [-0.39, 0.29) is 36.0 Å². The summed E-state index contributed by atoms with van der Waals surface area (Å²) >= 11 is 0. The van der Waals surface area contributed by atoms with E-state index in [1.165, 1.54) is 0 Å². The van der Waals surface area contributed by atoms with Gasteiger partial charge in [-0.15, -0.1) is 0 Å². The van der Waals surface area contributed by atoms with Crippen molar-refractivity contribution in [3.05, 3.63) is 40.7 Å². The van der Waals surface area contributed by atoms with Crippen LogP contribution in [-0.2, 0) is 27.5 Å². The van der Waals surface area contributed by atoms with Crippen LogP contribution in [-0.4, -0.2) is 53.1 Å². The van der Waals surface area contributed by atoms with Crippen LogP contribution >= 0.6 is 0 Å². The lowest BCUT2D eigenvalue weighted by atomic mass is 10.0. The zero-order valence-corrected chi connectivity index (χ0v) is 19.4. The highest BCUT2D eigenvalue weighted by molar-refractivity contribution is 7.91. The van der Waals surface area contributed by atoms with Crippen LogP contribution in [0.4, 0.5) is 11.4 Å². The van der Waals surface area contributed by atoms with Crippen molar-refractivity contribution in [3.8, 4) is 5.75 Å². The second-order valence-electron chi connectivity index (χ2n) is 9.05. The summed E-state index contributed by atoms with van der Waals surface area (Å²) in [6.45, 7) is 1.79. The second kappa shape index (κ2) is 7.52. The summed E-state index contributed by atoms with van der Waals surface area (Å²) in [6.07, 6.45) is 2.90. The van der Waals surface area contributed by atoms with Crippen molar-refractivity contribution in [1.82, 2.24) is 14.8 Å². The normalized spacial score (nSPS) is 20.5. The van der Waals surface area contributed by atoms with Gasteiger partial charge < -0.3 is 15.4 Å². The highest BCUT2D eigenvalue weighted by Gasteiger charge is 2.34. The van der Waals surface area contributed by atoms with Gasteiger partial charge in [-0.05, 0) is 56.4 Å². The van der Waals surface area contributed by atoms with Crippen molar-refractivity contribution in [3.63, 3.8) is 0 Å². The SMILES string of the molecule is Cc1nn([C@H]2CCS(=O)(=O)C2)c2nc3c(c(C(=O)Nc4ccc5c(c4)NC(=O)CO5)c12)CCC3. The van der Waals surface area contributed by atoms with E-state index in [4.69, 9.17) is 9.72 Å². The molecule has 0 bridgehead atoms.